The maximum absolute atomic E-state index is 11.3. The van der Waals surface area contributed by atoms with Crippen LogP contribution >= 0.6 is 0 Å². The van der Waals surface area contributed by atoms with E-state index in [9.17, 15) is 39.6 Å². The highest BCUT2D eigenvalue weighted by Crippen LogP contribution is 2.12. The summed E-state index contributed by atoms with van der Waals surface area (Å²) in [7, 11) is 0. The van der Waals surface area contributed by atoms with E-state index in [-0.39, 0.29) is 84.8 Å². The summed E-state index contributed by atoms with van der Waals surface area (Å²) >= 11 is 0. The zero-order chi connectivity index (χ0) is 25.0. The van der Waals surface area contributed by atoms with Crippen molar-refractivity contribution in [2.24, 2.45) is 0 Å². The van der Waals surface area contributed by atoms with Gasteiger partial charge in [0, 0.05) is 58.8 Å². The summed E-state index contributed by atoms with van der Waals surface area (Å²) in [6.45, 7) is 0.804. The first-order valence-corrected chi connectivity index (χ1v) is 10.6. The van der Waals surface area contributed by atoms with Gasteiger partial charge >= 0.3 is 23.9 Å². The number of rotatable bonds is 11. The zero-order valence-electron chi connectivity index (χ0n) is 18.5. The summed E-state index contributed by atoms with van der Waals surface area (Å²) < 4.78 is 0. The van der Waals surface area contributed by atoms with Crippen LogP contribution in [0.15, 0.2) is 0 Å². The molecule has 1 rings (SSSR count). The first-order chi connectivity index (χ1) is 15.5. The van der Waals surface area contributed by atoms with Gasteiger partial charge < -0.3 is 30.6 Å². The van der Waals surface area contributed by atoms with Crippen molar-refractivity contribution >= 4 is 23.9 Å². The lowest BCUT2D eigenvalue weighted by molar-refractivity contribution is -0.142. The van der Waals surface area contributed by atoms with Crippen LogP contribution in [0.2, 0.25) is 0 Å². The highest BCUT2D eigenvalue weighted by atomic mass is 16.5. The molecule has 1 atom stereocenters. The van der Waals surface area contributed by atoms with E-state index >= 15 is 0 Å². The lowest BCUT2D eigenvalue weighted by atomic mass is 10.1. The van der Waals surface area contributed by atoms with Crippen LogP contribution in [0.25, 0.3) is 0 Å². The van der Waals surface area contributed by atoms with Gasteiger partial charge in [0.1, 0.15) is 0 Å². The van der Waals surface area contributed by atoms with Crippen molar-refractivity contribution < 1.29 is 49.8 Å². The zero-order valence-corrected chi connectivity index (χ0v) is 18.5. The molecule has 0 aliphatic carbocycles. The Kier molecular flexibility index (Phi) is 12.8. The summed E-state index contributed by atoms with van der Waals surface area (Å²) in [5.74, 6) is -4.30. The van der Waals surface area contributed by atoms with Crippen LogP contribution in [-0.2, 0) is 19.2 Å². The minimum atomic E-state index is -1.84. The largest absolute Gasteiger partial charge is 0.481 e. The molecule has 0 radical (unpaired) electrons. The van der Waals surface area contributed by atoms with E-state index in [4.69, 9.17) is 10.2 Å². The highest BCUT2D eigenvalue weighted by Gasteiger charge is 2.27. The minimum Gasteiger partial charge on any atom is -0.481 e. The number of carbonyl (C=O) groups is 4. The summed E-state index contributed by atoms with van der Waals surface area (Å²) in [5.41, 5.74) is 0. The van der Waals surface area contributed by atoms with Crippen molar-refractivity contribution in [3.63, 3.8) is 0 Å². The molecule has 1 heterocycles. The number of carboxylic acid groups (broad SMARTS) is 4. The lowest BCUT2D eigenvalue weighted by Gasteiger charge is -2.37. The third kappa shape index (κ3) is 12.5. The molecule has 1 aliphatic rings. The quantitative estimate of drug-likeness (QED) is 0.164. The molecule has 1 unspecified atom stereocenters. The first kappa shape index (κ1) is 28.7. The molecule has 1 saturated heterocycles. The summed E-state index contributed by atoms with van der Waals surface area (Å²) in [5, 5.41) is 56.3. The van der Waals surface area contributed by atoms with Crippen molar-refractivity contribution in [3.05, 3.63) is 0 Å². The maximum atomic E-state index is 11.3. The van der Waals surface area contributed by atoms with Crippen LogP contribution in [0.4, 0.5) is 0 Å². The van der Waals surface area contributed by atoms with Gasteiger partial charge in [-0.25, -0.2) is 0 Å². The van der Waals surface area contributed by atoms with Gasteiger partial charge in [-0.05, 0) is 6.42 Å². The van der Waals surface area contributed by atoms with Crippen molar-refractivity contribution in [1.82, 2.24) is 19.6 Å². The predicted octanol–water partition coefficient (Wildman–Crippen LogP) is -2.99. The van der Waals surface area contributed by atoms with Gasteiger partial charge in [-0.1, -0.05) is 0 Å². The van der Waals surface area contributed by atoms with E-state index in [0.29, 0.717) is 0 Å². The van der Waals surface area contributed by atoms with Crippen LogP contribution in [0.5, 0.6) is 0 Å². The van der Waals surface area contributed by atoms with Crippen LogP contribution in [0, 0.1) is 0 Å². The average molecular weight is 478 g/mol. The Hall–Kier alpha value is -2.36. The van der Waals surface area contributed by atoms with Crippen molar-refractivity contribution in [2.75, 3.05) is 72.0 Å². The first-order valence-electron chi connectivity index (χ1n) is 10.6. The molecular weight excluding hydrogens is 444 g/mol. The normalized spacial score (nSPS) is 19.5. The molecule has 6 N–H and O–H groups in total. The Morgan fingerprint density at radius 2 is 0.909 bits per heavy atom. The van der Waals surface area contributed by atoms with Crippen molar-refractivity contribution in [1.29, 1.82) is 0 Å². The van der Waals surface area contributed by atoms with E-state index in [1.807, 2.05) is 0 Å². The molecule has 14 nitrogen and oxygen atoms in total. The van der Waals surface area contributed by atoms with Crippen molar-refractivity contribution in [3.8, 4) is 0 Å². The summed E-state index contributed by atoms with van der Waals surface area (Å²) in [6, 6.07) is -0.939. The minimum absolute atomic E-state index is 0.0583. The fourth-order valence-electron chi connectivity index (χ4n) is 3.72. The monoisotopic (exact) mass is 478 g/mol. The molecular formula is C19H34N4O10. The molecule has 14 heteroatoms. The molecule has 1 fully saturated rings. The molecule has 0 aromatic carbocycles. The van der Waals surface area contributed by atoms with Crippen LogP contribution < -0.4 is 0 Å². The molecule has 190 valence electrons. The third-order valence-electron chi connectivity index (χ3n) is 5.42. The highest BCUT2D eigenvalue weighted by molar-refractivity contribution is 5.70. The van der Waals surface area contributed by atoms with E-state index in [1.54, 1.807) is 19.6 Å². The van der Waals surface area contributed by atoms with Crippen LogP contribution in [0.3, 0.4) is 0 Å². The maximum Gasteiger partial charge on any atom is 0.317 e. The molecule has 1 aliphatic heterocycles. The standard InChI is InChI=1S/C19H34N4O10/c24-15(25)2-1-14(19(32)33)23-9-7-21(12-17(28)29)5-3-20(11-16(26)27)4-6-22(8-10-23)13-18(30)31/h14,19,32-33H,1-13H2,(H,24,25)(H,26,27)(H,28,29)(H,30,31). The summed E-state index contributed by atoms with van der Waals surface area (Å²) in [6.07, 6.45) is -2.21. The van der Waals surface area contributed by atoms with E-state index in [0.717, 1.165) is 0 Å². The Morgan fingerprint density at radius 3 is 1.18 bits per heavy atom. The van der Waals surface area contributed by atoms with E-state index < -0.39 is 36.2 Å². The number of aliphatic carboxylic acids is 4. The number of aliphatic hydroxyl groups is 2. The molecule has 0 aromatic rings. The molecule has 0 amide bonds. The van der Waals surface area contributed by atoms with Crippen LogP contribution in [-0.4, -0.2) is 158 Å². The Balaban J connectivity index is 3.09. The number of hydrogen-bond acceptors (Lipinski definition) is 10. The van der Waals surface area contributed by atoms with Gasteiger partial charge in [-0.2, -0.15) is 0 Å². The number of nitrogens with zero attached hydrogens (tertiary/aromatic N) is 4. The average Bonchev–Trinajstić information content (AvgIpc) is 2.67. The fourth-order valence-corrected chi connectivity index (χ4v) is 3.72. The van der Waals surface area contributed by atoms with Gasteiger partial charge in [0.05, 0.1) is 25.7 Å². The van der Waals surface area contributed by atoms with E-state index in [1.165, 1.54) is 0 Å². The third-order valence-corrected chi connectivity index (χ3v) is 5.42. The molecule has 0 saturated carbocycles. The fraction of sp³-hybridized carbons (Fsp3) is 0.789. The number of aliphatic hydroxyl groups excluding tert-OH is 1. The molecule has 0 spiro atoms. The second kappa shape index (κ2) is 14.7. The Morgan fingerprint density at radius 1 is 0.576 bits per heavy atom. The number of hydrogen-bond donors (Lipinski definition) is 6. The van der Waals surface area contributed by atoms with Gasteiger partial charge in [0.25, 0.3) is 0 Å². The molecule has 0 bridgehead atoms. The summed E-state index contributed by atoms with van der Waals surface area (Å²) in [4.78, 5) is 51.2. The van der Waals surface area contributed by atoms with Gasteiger partial charge in [-0.15, -0.1) is 0 Å². The topological polar surface area (TPSA) is 203 Å². The molecule has 33 heavy (non-hydrogen) atoms. The lowest BCUT2D eigenvalue weighted by Crippen LogP contribution is -2.52. The van der Waals surface area contributed by atoms with Crippen LogP contribution in [0.1, 0.15) is 12.8 Å². The van der Waals surface area contributed by atoms with Gasteiger partial charge in [0.2, 0.25) is 0 Å². The second-order valence-corrected chi connectivity index (χ2v) is 7.96. The number of carboxylic acids is 4. The Bertz CT molecular complexity index is 630. The smallest absolute Gasteiger partial charge is 0.317 e. The Labute approximate surface area is 191 Å². The predicted molar refractivity (Wildman–Crippen MR) is 113 cm³/mol. The van der Waals surface area contributed by atoms with Gasteiger partial charge in [0.15, 0.2) is 6.29 Å². The molecule has 0 aromatic heterocycles. The van der Waals surface area contributed by atoms with E-state index in [2.05, 4.69) is 0 Å². The van der Waals surface area contributed by atoms with Gasteiger partial charge in [-0.3, -0.25) is 38.8 Å². The van der Waals surface area contributed by atoms with Crippen molar-refractivity contribution in [2.45, 2.75) is 25.2 Å². The SMILES string of the molecule is O=C(O)CCC(C(O)O)N1CCN(CC(=O)O)CCN(CC(=O)O)CCN(CC(=O)O)CC1. The second-order valence-electron chi connectivity index (χ2n) is 7.96.